The van der Waals surface area contributed by atoms with Gasteiger partial charge in [0.2, 0.25) is 6.10 Å². The molecule has 0 saturated carbocycles. The summed E-state index contributed by atoms with van der Waals surface area (Å²) in [7, 11) is 3.89. The second-order valence-corrected chi connectivity index (χ2v) is 11.0. The molecule has 40 heavy (non-hydrogen) atoms. The normalized spacial score (nSPS) is 19.5. The Kier molecular flexibility index (Phi) is 11.2. The number of hydrogen-bond donors (Lipinski definition) is 2. The van der Waals surface area contributed by atoms with Crippen LogP contribution in [0.3, 0.4) is 0 Å². The van der Waals surface area contributed by atoms with Crippen LogP contribution in [-0.4, -0.2) is 77.4 Å². The fourth-order valence-corrected chi connectivity index (χ4v) is 4.45. The quantitative estimate of drug-likeness (QED) is 0.509. The molecule has 0 bridgehead atoms. The van der Waals surface area contributed by atoms with Crippen LogP contribution in [0, 0.1) is 17.2 Å². The van der Waals surface area contributed by atoms with Gasteiger partial charge in [-0.1, -0.05) is 42.5 Å². The molecule has 1 fully saturated rings. The van der Waals surface area contributed by atoms with Crippen LogP contribution in [0.1, 0.15) is 56.9 Å². The number of rotatable bonds is 6. The number of aliphatic hydroxyl groups is 1. The van der Waals surface area contributed by atoms with Gasteiger partial charge in [0.25, 0.3) is 0 Å². The summed E-state index contributed by atoms with van der Waals surface area (Å²) in [5, 5.41) is 29.5. The summed E-state index contributed by atoms with van der Waals surface area (Å²) in [5.41, 5.74) is 0.0649. The number of carbonyl (C=O) groups excluding carboxylic acids is 2. The summed E-state index contributed by atoms with van der Waals surface area (Å²) in [6.07, 6.45) is -1.16. The van der Waals surface area contributed by atoms with Crippen molar-refractivity contribution in [2.24, 2.45) is 5.92 Å². The van der Waals surface area contributed by atoms with Crippen molar-refractivity contribution in [1.29, 1.82) is 5.26 Å². The first-order valence-corrected chi connectivity index (χ1v) is 13.0. The number of ether oxygens (including phenoxy) is 2. The molecular formula is C30H39N3O7. The highest BCUT2D eigenvalue weighted by Gasteiger charge is 2.45. The number of aliphatic carboxylic acids is 1. The van der Waals surface area contributed by atoms with E-state index in [1.807, 2.05) is 45.8 Å². The lowest BCUT2D eigenvalue weighted by Gasteiger charge is -2.46. The van der Waals surface area contributed by atoms with Gasteiger partial charge in [-0.3, -0.25) is 4.79 Å². The van der Waals surface area contributed by atoms with E-state index in [-0.39, 0.29) is 12.0 Å². The van der Waals surface area contributed by atoms with E-state index in [0.717, 1.165) is 5.56 Å². The fraction of sp³-hybridized carbons (Fsp3) is 0.467. The third-order valence-electron chi connectivity index (χ3n) is 6.22. The highest BCUT2D eigenvalue weighted by Crippen LogP contribution is 2.38. The van der Waals surface area contributed by atoms with Crippen molar-refractivity contribution in [2.45, 2.75) is 51.4 Å². The number of carboxylic acid groups (broad SMARTS) is 1. The predicted molar refractivity (Wildman–Crippen MR) is 148 cm³/mol. The molecule has 0 spiro atoms. The molecule has 3 atom stereocenters. The van der Waals surface area contributed by atoms with Crippen molar-refractivity contribution in [3.8, 4) is 6.07 Å². The van der Waals surface area contributed by atoms with Crippen LogP contribution in [0.4, 0.5) is 4.79 Å². The zero-order valence-corrected chi connectivity index (χ0v) is 24.0. The maximum absolute atomic E-state index is 12.5. The number of carbonyl (C=O) groups is 3. The van der Waals surface area contributed by atoms with Gasteiger partial charge >= 0.3 is 18.0 Å². The first-order valence-electron chi connectivity index (χ1n) is 13.0. The van der Waals surface area contributed by atoms with Gasteiger partial charge < -0.3 is 29.5 Å². The lowest BCUT2D eigenvalue weighted by atomic mass is 9.75. The number of nitrogens with zero attached hydrogens (tertiary/aromatic N) is 3. The maximum atomic E-state index is 12.5. The van der Waals surface area contributed by atoms with Crippen LogP contribution in [0.15, 0.2) is 54.6 Å². The van der Waals surface area contributed by atoms with Crippen LogP contribution in [0.2, 0.25) is 0 Å². The summed E-state index contributed by atoms with van der Waals surface area (Å²) >= 11 is 0. The van der Waals surface area contributed by atoms with Gasteiger partial charge in [-0.25, -0.2) is 9.59 Å². The molecule has 2 aromatic carbocycles. The first-order chi connectivity index (χ1) is 18.7. The molecule has 2 aromatic rings. The summed E-state index contributed by atoms with van der Waals surface area (Å²) in [6.45, 7) is 8.14. The van der Waals surface area contributed by atoms with Gasteiger partial charge in [-0.15, -0.1) is 0 Å². The van der Waals surface area contributed by atoms with Gasteiger partial charge in [-0.05, 0) is 59.0 Å². The molecule has 0 aromatic heterocycles. The van der Waals surface area contributed by atoms with E-state index in [0.29, 0.717) is 37.2 Å². The number of amides is 1. The van der Waals surface area contributed by atoms with E-state index >= 15 is 0 Å². The third kappa shape index (κ3) is 9.36. The second kappa shape index (κ2) is 13.9. The monoisotopic (exact) mass is 553 g/mol. The number of hydrogen-bond acceptors (Lipinski definition) is 8. The zero-order chi connectivity index (χ0) is 30.1. The molecule has 10 nitrogen and oxygen atoms in total. The van der Waals surface area contributed by atoms with E-state index in [2.05, 4.69) is 10.8 Å². The van der Waals surface area contributed by atoms with Gasteiger partial charge in [0.05, 0.1) is 17.2 Å². The van der Waals surface area contributed by atoms with E-state index in [9.17, 15) is 19.5 Å². The Hall–Kier alpha value is -3.94. The van der Waals surface area contributed by atoms with E-state index in [1.54, 1.807) is 53.4 Å². The van der Waals surface area contributed by atoms with Crippen molar-refractivity contribution in [1.82, 2.24) is 9.80 Å². The Balaban J connectivity index is 0.000000337. The molecule has 216 valence electrons. The molecule has 1 aliphatic heterocycles. The summed E-state index contributed by atoms with van der Waals surface area (Å²) in [5.74, 6) is -1.97. The number of likely N-dealkylation sites (tertiary alicyclic amines) is 1. The van der Waals surface area contributed by atoms with Crippen molar-refractivity contribution in [2.75, 3.05) is 33.7 Å². The van der Waals surface area contributed by atoms with Crippen LogP contribution in [-0.2, 0) is 24.7 Å². The minimum Gasteiger partial charge on any atom is -0.478 e. The number of carboxylic acids is 1. The molecule has 3 rings (SSSR count). The topological polar surface area (TPSA) is 140 Å². The number of nitriles is 1. The van der Waals surface area contributed by atoms with E-state index < -0.39 is 29.2 Å². The average Bonchev–Trinajstić information content (AvgIpc) is 2.88. The van der Waals surface area contributed by atoms with Gasteiger partial charge in [0.15, 0.2) is 0 Å². The maximum Gasteiger partial charge on any atom is 0.410 e. The number of benzene rings is 2. The minimum absolute atomic E-state index is 0.187. The van der Waals surface area contributed by atoms with Crippen LogP contribution < -0.4 is 0 Å². The minimum atomic E-state index is -1.21. The molecule has 1 amide bonds. The summed E-state index contributed by atoms with van der Waals surface area (Å²) in [4.78, 5) is 37.5. The Bertz CT molecular complexity index is 1200. The van der Waals surface area contributed by atoms with Crippen LogP contribution >= 0.6 is 0 Å². The molecule has 1 saturated heterocycles. The highest BCUT2D eigenvalue weighted by molar-refractivity contribution is 5.78. The number of esters is 1. The average molecular weight is 554 g/mol. The van der Waals surface area contributed by atoms with Gasteiger partial charge in [-0.2, -0.15) is 5.26 Å². The molecule has 2 N–H and O–H groups in total. The molecular weight excluding hydrogens is 514 g/mol. The molecule has 10 heteroatoms. The largest absolute Gasteiger partial charge is 0.478 e. The number of piperidine rings is 1. The lowest BCUT2D eigenvalue weighted by Crippen LogP contribution is -2.55. The van der Waals surface area contributed by atoms with Gasteiger partial charge in [0, 0.05) is 38.0 Å². The molecule has 0 aliphatic carbocycles. The van der Waals surface area contributed by atoms with Crippen molar-refractivity contribution >= 4 is 18.0 Å². The highest BCUT2D eigenvalue weighted by atomic mass is 16.6. The van der Waals surface area contributed by atoms with E-state index in [4.69, 9.17) is 15.1 Å². The second-order valence-electron chi connectivity index (χ2n) is 11.0. The van der Waals surface area contributed by atoms with Crippen LogP contribution in [0.25, 0.3) is 0 Å². The standard InChI is InChI=1S/C20H29N3O3.C10H10O4/c1-19(2,3)26-18(24)23-10-9-20(25,17(14-23)13-22(4)5)16-8-6-7-15(11-16)12-21;1-7(11)14-9(10(12)13)8-5-3-2-4-6-8/h6-8,11,17,25H,9-10,13-14H2,1-5H3;2-6,9H,1H3,(H,12,13)/t17-,20+;/m0./s1. The third-order valence-corrected chi connectivity index (χ3v) is 6.22. The van der Waals surface area contributed by atoms with Crippen molar-refractivity contribution in [3.63, 3.8) is 0 Å². The molecule has 1 heterocycles. The Morgan fingerprint density at radius 2 is 1.80 bits per heavy atom. The van der Waals surface area contributed by atoms with Crippen LogP contribution in [0.5, 0.6) is 0 Å². The molecule has 1 aliphatic rings. The first kappa shape index (κ1) is 32.3. The Labute approximate surface area is 235 Å². The van der Waals surface area contributed by atoms with Crippen molar-refractivity contribution in [3.05, 3.63) is 71.3 Å². The van der Waals surface area contributed by atoms with Crippen molar-refractivity contribution < 1.29 is 34.1 Å². The van der Waals surface area contributed by atoms with E-state index in [1.165, 1.54) is 6.92 Å². The lowest BCUT2D eigenvalue weighted by molar-refractivity contribution is -0.163. The van der Waals surface area contributed by atoms with Gasteiger partial charge in [0.1, 0.15) is 5.60 Å². The predicted octanol–water partition coefficient (Wildman–Crippen LogP) is 3.94. The molecule has 1 unspecified atom stereocenters. The SMILES string of the molecule is CC(=O)OC(C(=O)O)c1ccccc1.CN(C)C[C@H]1CN(C(=O)OC(C)(C)C)CC[C@@]1(O)c1cccc(C#N)c1. The zero-order valence-electron chi connectivity index (χ0n) is 24.0. The Morgan fingerprint density at radius 3 is 2.33 bits per heavy atom. The fourth-order valence-electron chi connectivity index (χ4n) is 4.45. The smallest absolute Gasteiger partial charge is 0.410 e. The summed E-state index contributed by atoms with van der Waals surface area (Å²) < 4.78 is 10.1. The molecule has 0 radical (unpaired) electrons. The Morgan fingerprint density at radius 1 is 1.15 bits per heavy atom. The summed E-state index contributed by atoms with van der Waals surface area (Å²) in [6, 6.07) is 17.6.